The van der Waals surface area contributed by atoms with Crippen LogP contribution in [0.3, 0.4) is 0 Å². The second-order valence-corrected chi connectivity index (χ2v) is 8.45. The van der Waals surface area contributed by atoms with E-state index in [9.17, 15) is 8.42 Å². The zero-order valence-corrected chi connectivity index (χ0v) is 15.1. The van der Waals surface area contributed by atoms with E-state index in [0.29, 0.717) is 23.0 Å². The third-order valence-electron chi connectivity index (χ3n) is 3.94. The van der Waals surface area contributed by atoms with E-state index in [-0.39, 0.29) is 4.90 Å². The summed E-state index contributed by atoms with van der Waals surface area (Å²) in [6, 6.07) is 10.3. The van der Waals surface area contributed by atoms with Gasteiger partial charge in [-0.3, -0.25) is 4.98 Å². The first-order chi connectivity index (χ1) is 11.9. The molecule has 0 amide bonds. The fourth-order valence-corrected chi connectivity index (χ4v) is 3.38. The molecule has 1 aromatic carbocycles. The lowest BCUT2D eigenvalue weighted by molar-refractivity contribution is 0.432. The van der Waals surface area contributed by atoms with Gasteiger partial charge in [0.15, 0.2) is 9.84 Å². The number of nitrogens with zero attached hydrogens (tertiary/aromatic N) is 3. The number of pyridine rings is 1. The first-order valence-electron chi connectivity index (χ1n) is 8.05. The van der Waals surface area contributed by atoms with E-state index in [4.69, 9.17) is 4.52 Å². The lowest BCUT2D eigenvalue weighted by Gasteiger charge is -2.07. The Morgan fingerprint density at radius 2 is 1.84 bits per heavy atom. The molecule has 0 aliphatic carbocycles. The molecule has 0 saturated heterocycles. The van der Waals surface area contributed by atoms with Crippen LogP contribution in [0.2, 0.25) is 0 Å². The Morgan fingerprint density at radius 3 is 2.48 bits per heavy atom. The van der Waals surface area contributed by atoms with Crippen LogP contribution in [0.5, 0.6) is 0 Å². The van der Waals surface area contributed by atoms with Crippen LogP contribution in [-0.4, -0.2) is 28.8 Å². The second-order valence-electron chi connectivity index (χ2n) is 5.94. The van der Waals surface area contributed by atoms with Crippen LogP contribution in [0.25, 0.3) is 23.0 Å². The van der Waals surface area contributed by atoms with Crippen molar-refractivity contribution in [2.45, 2.75) is 37.3 Å². The number of aryl methyl sites for hydroxylation is 1. The molecule has 6 nitrogen and oxygen atoms in total. The Hall–Kier alpha value is -2.54. The molecule has 0 aliphatic rings. The minimum absolute atomic E-state index is 0.281. The Kier molecular flexibility index (Phi) is 4.67. The number of aromatic nitrogens is 3. The van der Waals surface area contributed by atoms with Crippen molar-refractivity contribution in [3.8, 4) is 23.0 Å². The molecule has 3 rings (SSSR count). The number of hydrogen-bond acceptors (Lipinski definition) is 6. The third-order valence-corrected chi connectivity index (χ3v) is 6.11. The molecule has 0 atom stereocenters. The summed E-state index contributed by atoms with van der Waals surface area (Å²) in [6.45, 7) is 5.38. The van der Waals surface area contributed by atoms with E-state index in [2.05, 4.69) is 22.0 Å². The fraction of sp³-hybridized carbons (Fsp3) is 0.278. The summed E-state index contributed by atoms with van der Waals surface area (Å²) in [4.78, 5) is 8.91. The molecule has 0 fully saturated rings. The summed E-state index contributed by atoms with van der Waals surface area (Å²) in [6.07, 6.45) is 2.61. The van der Waals surface area contributed by atoms with Gasteiger partial charge in [-0.2, -0.15) is 4.98 Å². The zero-order chi connectivity index (χ0) is 18.0. The van der Waals surface area contributed by atoms with Crippen molar-refractivity contribution in [3.05, 3.63) is 48.2 Å². The molecule has 2 heterocycles. The first-order valence-corrected chi connectivity index (χ1v) is 9.59. The average molecular weight is 357 g/mol. The van der Waals surface area contributed by atoms with E-state index in [1.807, 2.05) is 12.1 Å². The van der Waals surface area contributed by atoms with Crippen molar-refractivity contribution < 1.29 is 12.9 Å². The van der Waals surface area contributed by atoms with Crippen LogP contribution in [-0.2, 0) is 16.3 Å². The maximum Gasteiger partial charge on any atom is 0.258 e. The quantitative estimate of drug-likeness (QED) is 0.694. The van der Waals surface area contributed by atoms with Gasteiger partial charge in [-0.1, -0.05) is 12.1 Å². The monoisotopic (exact) mass is 357 g/mol. The zero-order valence-electron chi connectivity index (χ0n) is 14.3. The van der Waals surface area contributed by atoms with Crippen LogP contribution in [0.4, 0.5) is 0 Å². The van der Waals surface area contributed by atoms with Crippen LogP contribution in [0.15, 0.2) is 52.0 Å². The van der Waals surface area contributed by atoms with Crippen molar-refractivity contribution in [1.82, 2.24) is 15.1 Å². The highest BCUT2D eigenvalue weighted by Gasteiger charge is 2.19. The smallest absolute Gasteiger partial charge is 0.258 e. The third kappa shape index (κ3) is 3.46. The molecule has 2 aromatic heterocycles. The molecule has 0 radical (unpaired) electrons. The molecule has 0 aliphatic heterocycles. The number of hydrogen-bond donors (Lipinski definition) is 0. The van der Waals surface area contributed by atoms with Crippen molar-refractivity contribution in [2.75, 3.05) is 0 Å². The summed E-state index contributed by atoms with van der Waals surface area (Å²) < 4.78 is 29.6. The van der Waals surface area contributed by atoms with Gasteiger partial charge in [-0.15, -0.1) is 0 Å². The van der Waals surface area contributed by atoms with Crippen molar-refractivity contribution in [1.29, 1.82) is 0 Å². The van der Waals surface area contributed by atoms with Gasteiger partial charge in [-0.05, 0) is 62.2 Å². The van der Waals surface area contributed by atoms with Gasteiger partial charge >= 0.3 is 0 Å². The van der Waals surface area contributed by atoms with Gasteiger partial charge in [0, 0.05) is 11.8 Å². The largest absolute Gasteiger partial charge is 0.334 e. The lowest BCUT2D eigenvalue weighted by atomic mass is 10.2. The number of rotatable bonds is 5. The summed E-state index contributed by atoms with van der Waals surface area (Å²) in [5.74, 6) is 0.733. The molecule has 3 aromatic rings. The van der Waals surface area contributed by atoms with Gasteiger partial charge in [0.25, 0.3) is 5.89 Å². The Labute approximate surface area is 146 Å². The SMILES string of the molecule is CCc1ccnc(-c2noc(-c3ccc(S(=O)(=O)C(C)C)cc3)n2)c1. The average Bonchev–Trinajstić information content (AvgIpc) is 3.12. The normalized spacial score (nSPS) is 11.8. The van der Waals surface area contributed by atoms with Gasteiger partial charge in [-0.25, -0.2) is 8.42 Å². The number of benzene rings is 1. The molecule has 0 unspecified atom stereocenters. The summed E-state index contributed by atoms with van der Waals surface area (Å²) >= 11 is 0. The standard InChI is InChI=1S/C18H19N3O3S/c1-4-13-9-10-19-16(11-13)17-20-18(24-21-17)14-5-7-15(8-6-14)25(22,23)12(2)3/h5-12H,4H2,1-3H3. The van der Waals surface area contributed by atoms with Gasteiger partial charge in [0.05, 0.1) is 10.1 Å². The van der Waals surface area contributed by atoms with Crippen molar-refractivity contribution >= 4 is 9.84 Å². The van der Waals surface area contributed by atoms with E-state index >= 15 is 0 Å². The van der Waals surface area contributed by atoms with Gasteiger partial charge in [0.1, 0.15) is 5.69 Å². The Bertz CT molecular complexity index is 977. The Morgan fingerprint density at radius 1 is 1.12 bits per heavy atom. The topological polar surface area (TPSA) is 86.0 Å². The van der Waals surface area contributed by atoms with Crippen molar-refractivity contribution in [2.24, 2.45) is 0 Å². The van der Waals surface area contributed by atoms with E-state index in [1.165, 1.54) is 0 Å². The molecule has 0 saturated carbocycles. The number of sulfone groups is 1. The van der Waals surface area contributed by atoms with E-state index in [0.717, 1.165) is 12.0 Å². The summed E-state index contributed by atoms with van der Waals surface area (Å²) in [5.41, 5.74) is 2.45. The minimum atomic E-state index is -3.30. The molecule has 0 spiro atoms. The molecule has 130 valence electrons. The fourth-order valence-electron chi connectivity index (χ4n) is 2.32. The van der Waals surface area contributed by atoms with Crippen LogP contribution in [0, 0.1) is 0 Å². The molecular weight excluding hydrogens is 338 g/mol. The minimum Gasteiger partial charge on any atom is -0.334 e. The summed E-state index contributed by atoms with van der Waals surface area (Å²) in [5, 5.41) is 3.50. The Balaban J connectivity index is 1.90. The molecular formula is C18H19N3O3S. The predicted octanol–water partition coefficient (Wildman–Crippen LogP) is 3.54. The molecule has 0 bridgehead atoms. The molecule has 0 N–H and O–H groups in total. The highest BCUT2D eigenvalue weighted by atomic mass is 32.2. The van der Waals surface area contributed by atoms with Crippen molar-refractivity contribution in [3.63, 3.8) is 0 Å². The van der Waals surface area contributed by atoms with Gasteiger partial charge in [0.2, 0.25) is 5.82 Å². The highest BCUT2D eigenvalue weighted by Crippen LogP contribution is 2.24. The van der Waals surface area contributed by atoms with E-state index in [1.54, 1.807) is 44.3 Å². The van der Waals surface area contributed by atoms with E-state index < -0.39 is 15.1 Å². The second kappa shape index (κ2) is 6.76. The maximum absolute atomic E-state index is 12.2. The van der Waals surface area contributed by atoms with Crippen LogP contribution in [0.1, 0.15) is 26.3 Å². The van der Waals surface area contributed by atoms with Crippen LogP contribution >= 0.6 is 0 Å². The lowest BCUT2D eigenvalue weighted by Crippen LogP contribution is -2.13. The predicted molar refractivity (Wildman–Crippen MR) is 94.7 cm³/mol. The maximum atomic E-state index is 12.2. The molecule has 25 heavy (non-hydrogen) atoms. The first kappa shape index (κ1) is 17.3. The van der Waals surface area contributed by atoms with Crippen LogP contribution < -0.4 is 0 Å². The summed E-state index contributed by atoms with van der Waals surface area (Å²) in [7, 11) is -3.30. The molecule has 7 heteroatoms. The van der Waals surface area contributed by atoms with Gasteiger partial charge < -0.3 is 4.52 Å². The highest BCUT2D eigenvalue weighted by molar-refractivity contribution is 7.92.